The highest BCUT2D eigenvalue weighted by Crippen LogP contribution is 2.33. The third-order valence-corrected chi connectivity index (χ3v) is 4.96. The number of nitrogens with one attached hydrogen (secondary N) is 1. The van der Waals surface area contributed by atoms with E-state index in [9.17, 15) is 9.59 Å². The highest BCUT2D eigenvalue weighted by molar-refractivity contribution is 8.00. The standard InChI is InChI=1S/C12H14N4O2S2/c1-6(2)8(9(17)16-12(13)18)20-11-7-3-4-19-10(7)14-5-15-11/h3-6,8H,1-2H3,(H3,13,16,17,18)/t8-/m1/s1. The maximum absolute atomic E-state index is 12.0. The van der Waals surface area contributed by atoms with Gasteiger partial charge in [0.15, 0.2) is 0 Å². The number of aromatic nitrogens is 2. The molecule has 0 saturated heterocycles. The SMILES string of the molecule is CC(C)[C@@H](Sc1ncnc2sccc12)C(=O)NC(N)=O. The summed E-state index contributed by atoms with van der Waals surface area (Å²) in [5.74, 6) is -0.373. The maximum Gasteiger partial charge on any atom is 0.318 e. The van der Waals surface area contributed by atoms with Gasteiger partial charge in [0.25, 0.3) is 0 Å². The van der Waals surface area contributed by atoms with E-state index >= 15 is 0 Å². The predicted molar refractivity (Wildman–Crippen MR) is 79.6 cm³/mol. The molecule has 0 aromatic carbocycles. The molecule has 0 aliphatic rings. The Kier molecular flexibility index (Phi) is 4.56. The van der Waals surface area contributed by atoms with E-state index in [1.807, 2.05) is 25.3 Å². The van der Waals surface area contributed by atoms with E-state index in [1.165, 1.54) is 29.4 Å². The van der Waals surface area contributed by atoms with Gasteiger partial charge in [-0.2, -0.15) is 0 Å². The second kappa shape index (κ2) is 6.19. The Morgan fingerprint density at radius 3 is 2.80 bits per heavy atom. The van der Waals surface area contributed by atoms with Crippen LogP contribution in [0.3, 0.4) is 0 Å². The second-order valence-corrected chi connectivity index (χ2v) is 6.48. The number of fused-ring (bicyclic) bond motifs is 1. The van der Waals surface area contributed by atoms with Gasteiger partial charge < -0.3 is 5.73 Å². The number of carbonyl (C=O) groups excluding carboxylic acids is 2. The topological polar surface area (TPSA) is 98.0 Å². The molecule has 8 heteroatoms. The van der Waals surface area contributed by atoms with E-state index in [4.69, 9.17) is 5.73 Å². The van der Waals surface area contributed by atoms with Crippen molar-refractivity contribution in [1.29, 1.82) is 0 Å². The molecule has 3 amide bonds. The van der Waals surface area contributed by atoms with E-state index in [2.05, 4.69) is 15.3 Å². The number of carbonyl (C=O) groups is 2. The molecule has 2 rings (SSSR count). The van der Waals surface area contributed by atoms with Crippen LogP contribution in [0.4, 0.5) is 4.79 Å². The zero-order chi connectivity index (χ0) is 14.7. The van der Waals surface area contributed by atoms with Crippen LogP contribution in [-0.2, 0) is 4.79 Å². The number of amides is 3. The fourth-order valence-corrected chi connectivity index (χ4v) is 3.54. The van der Waals surface area contributed by atoms with Gasteiger partial charge in [0.2, 0.25) is 5.91 Å². The van der Waals surface area contributed by atoms with Gasteiger partial charge in [-0.1, -0.05) is 25.6 Å². The minimum atomic E-state index is -0.843. The summed E-state index contributed by atoms with van der Waals surface area (Å²) in [6.07, 6.45) is 1.48. The minimum Gasteiger partial charge on any atom is -0.351 e. The fourth-order valence-electron chi connectivity index (χ4n) is 1.67. The van der Waals surface area contributed by atoms with Crippen LogP contribution in [0.15, 0.2) is 22.8 Å². The van der Waals surface area contributed by atoms with Crippen molar-refractivity contribution >= 4 is 45.3 Å². The largest absolute Gasteiger partial charge is 0.351 e. The summed E-state index contributed by atoms with van der Waals surface area (Å²) in [6.45, 7) is 3.81. The molecule has 0 spiro atoms. The number of primary amides is 1. The lowest BCUT2D eigenvalue weighted by Gasteiger charge is -2.18. The van der Waals surface area contributed by atoms with E-state index in [0.717, 1.165) is 15.2 Å². The van der Waals surface area contributed by atoms with E-state index in [0.29, 0.717) is 0 Å². The third kappa shape index (κ3) is 3.26. The number of nitrogens with two attached hydrogens (primary N) is 1. The van der Waals surface area contributed by atoms with Gasteiger partial charge in [-0.15, -0.1) is 11.3 Å². The van der Waals surface area contributed by atoms with Gasteiger partial charge in [-0.25, -0.2) is 14.8 Å². The Bertz CT molecular complexity index is 641. The van der Waals surface area contributed by atoms with Gasteiger partial charge in [-0.05, 0) is 17.4 Å². The summed E-state index contributed by atoms with van der Waals surface area (Å²) < 4.78 is 0. The molecule has 2 aromatic heterocycles. The van der Waals surface area contributed by atoms with Crippen molar-refractivity contribution in [2.75, 3.05) is 0 Å². The zero-order valence-corrected chi connectivity index (χ0v) is 12.6. The number of hydrogen-bond acceptors (Lipinski definition) is 6. The molecule has 0 unspecified atom stereocenters. The number of thiophene rings is 1. The van der Waals surface area contributed by atoms with Crippen LogP contribution in [0, 0.1) is 5.92 Å². The van der Waals surface area contributed by atoms with Crippen LogP contribution in [0.25, 0.3) is 10.2 Å². The molecule has 0 saturated carbocycles. The van der Waals surface area contributed by atoms with Crippen molar-refractivity contribution in [3.63, 3.8) is 0 Å². The first-order chi connectivity index (χ1) is 9.49. The number of imide groups is 1. The normalized spacial score (nSPS) is 12.6. The first-order valence-corrected chi connectivity index (χ1v) is 7.70. The van der Waals surface area contributed by atoms with Gasteiger partial charge in [0.05, 0.1) is 5.25 Å². The maximum atomic E-state index is 12.0. The molecule has 0 aliphatic carbocycles. The monoisotopic (exact) mass is 310 g/mol. The van der Waals surface area contributed by atoms with Crippen LogP contribution in [0.2, 0.25) is 0 Å². The Morgan fingerprint density at radius 2 is 2.15 bits per heavy atom. The molecule has 0 radical (unpaired) electrons. The minimum absolute atomic E-state index is 0.0306. The van der Waals surface area contributed by atoms with Crippen LogP contribution in [0.1, 0.15) is 13.8 Å². The van der Waals surface area contributed by atoms with Crippen LogP contribution < -0.4 is 11.1 Å². The van der Waals surface area contributed by atoms with Crippen molar-refractivity contribution in [2.24, 2.45) is 11.7 Å². The number of nitrogens with zero attached hydrogens (tertiary/aromatic N) is 2. The van der Waals surface area contributed by atoms with E-state index in [-0.39, 0.29) is 5.92 Å². The molecule has 0 fully saturated rings. The Morgan fingerprint density at radius 1 is 1.40 bits per heavy atom. The average Bonchev–Trinajstić information content (AvgIpc) is 2.83. The summed E-state index contributed by atoms with van der Waals surface area (Å²) in [5.41, 5.74) is 4.99. The summed E-state index contributed by atoms with van der Waals surface area (Å²) in [6, 6.07) is 1.08. The lowest BCUT2D eigenvalue weighted by Crippen LogP contribution is -2.42. The molecular formula is C12H14N4O2S2. The molecular weight excluding hydrogens is 296 g/mol. The zero-order valence-electron chi connectivity index (χ0n) is 11.0. The van der Waals surface area contributed by atoms with Crippen molar-refractivity contribution in [3.8, 4) is 0 Å². The smallest absolute Gasteiger partial charge is 0.318 e. The summed E-state index contributed by atoms with van der Waals surface area (Å²) in [4.78, 5) is 32.1. The molecule has 20 heavy (non-hydrogen) atoms. The lowest BCUT2D eigenvalue weighted by atomic mass is 10.1. The molecule has 3 N–H and O–H groups in total. The Balaban J connectivity index is 2.26. The third-order valence-electron chi connectivity index (χ3n) is 2.57. The van der Waals surface area contributed by atoms with Gasteiger partial charge in [-0.3, -0.25) is 10.1 Å². The van der Waals surface area contributed by atoms with Crippen molar-refractivity contribution < 1.29 is 9.59 Å². The molecule has 1 atom stereocenters. The number of urea groups is 1. The summed E-state index contributed by atoms with van der Waals surface area (Å²) >= 11 is 2.83. The Labute approximate surface area is 124 Å². The number of thioether (sulfide) groups is 1. The van der Waals surface area contributed by atoms with E-state index < -0.39 is 17.2 Å². The number of hydrogen-bond donors (Lipinski definition) is 2. The first kappa shape index (κ1) is 14.7. The Hall–Kier alpha value is -1.67. The highest BCUT2D eigenvalue weighted by Gasteiger charge is 2.26. The van der Waals surface area contributed by atoms with Gasteiger partial charge in [0.1, 0.15) is 16.2 Å². The quantitative estimate of drug-likeness (QED) is 0.665. The molecule has 2 aromatic rings. The molecule has 2 heterocycles. The van der Waals surface area contributed by atoms with Gasteiger partial charge >= 0.3 is 6.03 Å². The molecule has 6 nitrogen and oxygen atoms in total. The van der Waals surface area contributed by atoms with Crippen molar-refractivity contribution in [1.82, 2.24) is 15.3 Å². The van der Waals surface area contributed by atoms with E-state index in [1.54, 1.807) is 0 Å². The second-order valence-electron chi connectivity index (χ2n) is 4.45. The van der Waals surface area contributed by atoms with Crippen LogP contribution >= 0.6 is 23.1 Å². The predicted octanol–water partition coefficient (Wildman–Crippen LogP) is 2.00. The molecule has 0 aliphatic heterocycles. The van der Waals surface area contributed by atoms with Crippen molar-refractivity contribution in [3.05, 3.63) is 17.8 Å². The summed E-state index contributed by atoms with van der Waals surface area (Å²) in [7, 11) is 0. The average molecular weight is 310 g/mol. The molecule has 0 bridgehead atoms. The number of rotatable bonds is 4. The molecule has 106 valence electrons. The van der Waals surface area contributed by atoms with Gasteiger partial charge in [0, 0.05) is 5.39 Å². The van der Waals surface area contributed by atoms with Crippen LogP contribution in [-0.4, -0.2) is 27.2 Å². The van der Waals surface area contributed by atoms with Crippen LogP contribution in [0.5, 0.6) is 0 Å². The fraction of sp³-hybridized carbons (Fsp3) is 0.333. The lowest BCUT2D eigenvalue weighted by molar-refractivity contribution is -0.120. The summed E-state index contributed by atoms with van der Waals surface area (Å²) in [5, 5.41) is 5.26. The highest BCUT2D eigenvalue weighted by atomic mass is 32.2. The van der Waals surface area contributed by atoms with Crippen molar-refractivity contribution in [2.45, 2.75) is 24.1 Å². The first-order valence-electron chi connectivity index (χ1n) is 5.94.